The van der Waals surface area contributed by atoms with Gasteiger partial charge in [-0.2, -0.15) is 23.7 Å². The maximum absolute atomic E-state index is 13.2. The molecular formula is C23H16F3N3O4S. The summed E-state index contributed by atoms with van der Waals surface area (Å²) in [4.78, 5) is 12.4. The normalized spacial score (nSPS) is 13.5. The summed E-state index contributed by atoms with van der Waals surface area (Å²) in [7, 11) is -4.29. The van der Waals surface area contributed by atoms with Crippen LogP contribution >= 0.6 is 0 Å². The predicted octanol–water partition coefficient (Wildman–Crippen LogP) is 3.77. The van der Waals surface area contributed by atoms with Crippen LogP contribution in [0.1, 0.15) is 23.6 Å². The Hall–Kier alpha value is -3.93. The van der Waals surface area contributed by atoms with Crippen LogP contribution in [0.3, 0.4) is 0 Å². The van der Waals surface area contributed by atoms with E-state index in [4.69, 9.17) is 5.26 Å². The monoisotopic (exact) mass is 487 g/mol. The third-order valence-corrected chi connectivity index (χ3v) is 6.97. The van der Waals surface area contributed by atoms with Crippen LogP contribution in [0.5, 0.6) is 0 Å². The molecule has 34 heavy (non-hydrogen) atoms. The number of fused-ring (bicyclic) bond motifs is 1. The Morgan fingerprint density at radius 3 is 2.18 bits per heavy atom. The zero-order chi connectivity index (χ0) is 25.3. The van der Waals surface area contributed by atoms with Gasteiger partial charge in [0, 0.05) is 16.5 Å². The molecule has 2 N–H and O–H groups in total. The number of carbonyl (C=O) groups excluding carboxylic acids is 1. The number of hydrogen-bond acceptors (Lipinski definition) is 6. The van der Waals surface area contributed by atoms with Crippen molar-refractivity contribution in [2.24, 2.45) is 0 Å². The molecule has 1 atom stereocenters. The van der Waals surface area contributed by atoms with Gasteiger partial charge in [-0.05, 0) is 37.3 Å². The fourth-order valence-electron chi connectivity index (χ4n) is 3.37. The number of aliphatic hydroxyl groups is 1. The standard InChI is InChI=1S/C23H16F3N3O4S/c1-22(31,21(30)29-16-8-6-15(12-28)19(10-16)23(24,25)26)13-34(32,33)20-9-7-14(11-27)17-4-2-3-5-18(17)20/h2-10,31H,13H2,1H3,(H,29,30). The minimum Gasteiger partial charge on any atom is -0.379 e. The van der Waals surface area contributed by atoms with Crippen LogP contribution in [0.25, 0.3) is 10.8 Å². The molecular weight excluding hydrogens is 471 g/mol. The molecule has 0 aliphatic carbocycles. The van der Waals surface area contributed by atoms with Crippen molar-refractivity contribution < 1.29 is 31.5 Å². The molecule has 0 aliphatic rings. The Kier molecular flexibility index (Phi) is 6.38. The Labute approximate surface area is 192 Å². The van der Waals surface area contributed by atoms with Gasteiger partial charge in [0.05, 0.1) is 39.5 Å². The van der Waals surface area contributed by atoms with Gasteiger partial charge in [-0.1, -0.05) is 24.3 Å². The summed E-state index contributed by atoms with van der Waals surface area (Å²) < 4.78 is 65.7. The number of nitrogens with zero attached hydrogens (tertiary/aromatic N) is 2. The van der Waals surface area contributed by atoms with Gasteiger partial charge in [0.1, 0.15) is 0 Å². The Bertz CT molecular complexity index is 1480. The average Bonchev–Trinajstić information content (AvgIpc) is 2.76. The van der Waals surface area contributed by atoms with E-state index in [1.807, 2.05) is 6.07 Å². The number of benzene rings is 3. The van der Waals surface area contributed by atoms with Crippen molar-refractivity contribution in [3.8, 4) is 12.1 Å². The maximum Gasteiger partial charge on any atom is 0.417 e. The second kappa shape index (κ2) is 8.78. The summed E-state index contributed by atoms with van der Waals surface area (Å²) >= 11 is 0. The van der Waals surface area contributed by atoms with Gasteiger partial charge >= 0.3 is 6.18 Å². The van der Waals surface area contributed by atoms with Gasteiger partial charge in [-0.3, -0.25) is 4.79 Å². The van der Waals surface area contributed by atoms with Crippen LogP contribution in [0.15, 0.2) is 59.5 Å². The van der Waals surface area contributed by atoms with Gasteiger partial charge in [-0.25, -0.2) is 8.42 Å². The number of halogens is 3. The number of rotatable bonds is 5. The first-order valence-electron chi connectivity index (χ1n) is 9.60. The molecule has 0 aromatic heterocycles. The number of alkyl halides is 3. The van der Waals surface area contributed by atoms with Crippen LogP contribution in [0, 0.1) is 22.7 Å². The smallest absolute Gasteiger partial charge is 0.379 e. The first-order valence-corrected chi connectivity index (χ1v) is 11.2. The molecule has 0 bridgehead atoms. The summed E-state index contributed by atoms with van der Waals surface area (Å²) in [6.07, 6.45) is -4.87. The molecule has 174 valence electrons. The van der Waals surface area contributed by atoms with E-state index in [2.05, 4.69) is 5.32 Å². The highest BCUT2D eigenvalue weighted by Gasteiger charge is 2.38. The zero-order valence-electron chi connectivity index (χ0n) is 17.5. The second-order valence-electron chi connectivity index (χ2n) is 7.63. The lowest BCUT2D eigenvalue weighted by atomic mass is 10.1. The summed E-state index contributed by atoms with van der Waals surface area (Å²) in [6.45, 7) is 0.917. The van der Waals surface area contributed by atoms with Gasteiger partial charge < -0.3 is 10.4 Å². The van der Waals surface area contributed by atoms with Gasteiger partial charge in [0.15, 0.2) is 15.4 Å². The highest BCUT2D eigenvalue weighted by Crippen LogP contribution is 2.34. The molecule has 3 aromatic carbocycles. The van der Waals surface area contributed by atoms with Crippen LogP contribution in [-0.4, -0.2) is 30.8 Å². The zero-order valence-corrected chi connectivity index (χ0v) is 18.3. The Morgan fingerprint density at radius 2 is 1.59 bits per heavy atom. The molecule has 0 spiro atoms. The van der Waals surface area contributed by atoms with Crippen molar-refractivity contribution in [2.45, 2.75) is 23.6 Å². The number of sulfone groups is 1. The van der Waals surface area contributed by atoms with Crippen molar-refractivity contribution in [1.29, 1.82) is 10.5 Å². The van der Waals surface area contributed by atoms with E-state index in [1.54, 1.807) is 18.2 Å². The summed E-state index contributed by atoms with van der Waals surface area (Å²) in [5.74, 6) is -2.34. The number of nitriles is 2. The molecule has 3 rings (SSSR count). The molecule has 1 amide bonds. The minimum atomic E-state index is -4.87. The van der Waals surface area contributed by atoms with Crippen LogP contribution < -0.4 is 5.32 Å². The van der Waals surface area contributed by atoms with Crippen molar-refractivity contribution >= 4 is 32.2 Å². The van der Waals surface area contributed by atoms with Crippen molar-refractivity contribution in [3.05, 3.63) is 71.3 Å². The molecule has 0 saturated heterocycles. The van der Waals surface area contributed by atoms with E-state index in [9.17, 15) is 36.8 Å². The van der Waals surface area contributed by atoms with Crippen molar-refractivity contribution in [1.82, 2.24) is 0 Å². The number of carbonyl (C=O) groups is 1. The van der Waals surface area contributed by atoms with Crippen molar-refractivity contribution in [3.63, 3.8) is 0 Å². The van der Waals surface area contributed by atoms with Crippen LogP contribution in [0.4, 0.5) is 18.9 Å². The Morgan fingerprint density at radius 1 is 1.00 bits per heavy atom. The lowest BCUT2D eigenvalue weighted by Crippen LogP contribution is -2.45. The lowest BCUT2D eigenvalue weighted by Gasteiger charge is -2.23. The van der Waals surface area contributed by atoms with Crippen LogP contribution in [0.2, 0.25) is 0 Å². The molecule has 0 heterocycles. The molecule has 0 aliphatic heterocycles. The topological polar surface area (TPSA) is 131 Å². The van der Waals surface area contributed by atoms with Crippen molar-refractivity contribution in [2.75, 3.05) is 11.1 Å². The first-order chi connectivity index (χ1) is 15.8. The van der Waals surface area contributed by atoms with E-state index in [-0.39, 0.29) is 21.5 Å². The van der Waals surface area contributed by atoms with Gasteiger partial charge in [-0.15, -0.1) is 0 Å². The lowest BCUT2D eigenvalue weighted by molar-refractivity contribution is -0.137. The van der Waals surface area contributed by atoms with Gasteiger partial charge in [0.2, 0.25) is 0 Å². The average molecular weight is 487 g/mol. The quantitative estimate of drug-likeness (QED) is 0.563. The fourth-order valence-corrected chi connectivity index (χ4v) is 5.19. The third kappa shape index (κ3) is 4.86. The SMILES string of the molecule is CC(O)(CS(=O)(=O)c1ccc(C#N)c2ccccc12)C(=O)Nc1ccc(C#N)c(C(F)(F)F)c1. The number of nitrogens with one attached hydrogen (secondary N) is 1. The van der Waals surface area contributed by atoms with E-state index in [0.717, 1.165) is 19.1 Å². The van der Waals surface area contributed by atoms with Crippen LogP contribution in [-0.2, 0) is 20.8 Å². The molecule has 7 nitrogen and oxygen atoms in total. The molecule has 0 radical (unpaired) electrons. The second-order valence-corrected chi connectivity index (χ2v) is 9.58. The van der Waals surface area contributed by atoms with E-state index >= 15 is 0 Å². The third-order valence-electron chi connectivity index (χ3n) is 5.00. The number of anilines is 1. The highest BCUT2D eigenvalue weighted by atomic mass is 32.2. The molecule has 11 heteroatoms. The fraction of sp³-hybridized carbons (Fsp3) is 0.174. The molecule has 1 unspecified atom stereocenters. The summed E-state index contributed by atoms with van der Waals surface area (Å²) in [5, 5.41) is 31.4. The largest absolute Gasteiger partial charge is 0.417 e. The summed E-state index contributed by atoms with van der Waals surface area (Å²) in [5.41, 5.74) is -4.62. The molecule has 3 aromatic rings. The van der Waals surface area contributed by atoms with E-state index < -0.39 is 44.4 Å². The predicted molar refractivity (Wildman–Crippen MR) is 116 cm³/mol. The minimum absolute atomic E-state index is 0.215. The molecule has 0 saturated carbocycles. The summed E-state index contributed by atoms with van der Waals surface area (Å²) in [6, 6.07) is 14.5. The van der Waals surface area contributed by atoms with E-state index in [1.165, 1.54) is 24.3 Å². The number of amides is 1. The maximum atomic E-state index is 13.2. The highest BCUT2D eigenvalue weighted by molar-refractivity contribution is 7.91. The van der Waals surface area contributed by atoms with Gasteiger partial charge in [0.25, 0.3) is 5.91 Å². The van der Waals surface area contributed by atoms with E-state index in [0.29, 0.717) is 11.5 Å². The Balaban J connectivity index is 1.92. The first kappa shape index (κ1) is 24.7. The molecule has 0 fully saturated rings. The number of hydrogen-bond donors (Lipinski definition) is 2.